The number of thiazole rings is 1. The lowest BCUT2D eigenvalue weighted by atomic mass is 10.2. The molecule has 0 radical (unpaired) electrons. The number of aromatic nitrogens is 1. The van der Waals surface area contributed by atoms with Crippen molar-refractivity contribution >= 4 is 62.1 Å². The molecule has 0 atom stereocenters. The van der Waals surface area contributed by atoms with Gasteiger partial charge in [-0.15, -0.1) is 11.3 Å². The number of amides is 1. The van der Waals surface area contributed by atoms with E-state index in [9.17, 15) is 4.79 Å². The monoisotopic (exact) mass is 481 g/mol. The number of anilines is 1. The van der Waals surface area contributed by atoms with E-state index in [1.54, 1.807) is 41.7 Å². The highest BCUT2D eigenvalue weighted by Crippen LogP contribution is 2.36. The Balaban J connectivity index is 1.49. The summed E-state index contributed by atoms with van der Waals surface area (Å²) in [6.45, 7) is 2.68. The number of rotatable bonds is 6. The largest absolute Gasteiger partial charge is 0.494 e. The van der Waals surface area contributed by atoms with Crippen LogP contribution < -0.4 is 15.4 Å². The topological polar surface area (TPSA) is 63.2 Å². The van der Waals surface area contributed by atoms with Gasteiger partial charge in [-0.1, -0.05) is 30.7 Å². The summed E-state index contributed by atoms with van der Waals surface area (Å²) in [7, 11) is 0. The molecule has 162 valence electrons. The highest BCUT2D eigenvalue weighted by Gasteiger charge is 2.14. The van der Waals surface area contributed by atoms with Gasteiger partial charge in [0.2, 0.25) is 0 Å². The first-order valence-electron chi connectivity index (χ1n) is 10.0. The number of halogens is 1. The molecule has 0 spiro atoms. The zero-order valence-electron chi connectivity index (χ0n) is 17.2. The van der Waals surface area contributed by atoms with E-state index in [2.05, 4.69) is 10.6 Å². The zero-order chi connectivity index (χ0) is 22.5. The van der Waals surface area contributed by atoms with E-state index in [1.165, 1.54) is 0 Å². The lowest BCUT2D eigenvalue weighted by Gasteiger charge is -2.13. The lowest BCUT2D eigenvalue weighted by Crippen LogP contribution is -2.34. The fraction of sp³-hybridized carbons (Fsp3) is 0.125. The van der Waals surface area contributed by atoms with E-state index in [1.807, 2.05) is 43.3 Å². The van der Waals surface area contributed by atoms with Crippen LogP contribution >= 0.6 is 35.2 Å². The number of ether oxygens (including phenoxy) is 1. The molecule has 0 bridgehead atoms. The van der Waals surface area contributed by atoms with Gasteiger partial charge in [0.15, 0.2) is 5.11 Å². The quantitative estimate of drug-likeness (QED) is 0.306. The number of nitrogens with zero attached hydrogens (tertiary/aromatic N) is 1. The Morgan fingerprint density at radius 2 is 1.91 bits per heavy atom. The van der Waals surface area contributed by atoms with Crippen LogP contribution in [0.3, 0.4) is 0 Å². The van der Waals surface area contributed by atoms with Crippen molar-refractivity contribution in [2.24, 2.45) is 0 Å². The first-order chi connectivity index (χ1) is 15.5. The normalized spacial score (nSPS) is 10.7. The number of carbonyl (C=O) groups is 1. The van der Waals surface area contributed by atoms with Crippen LogP contribution in [0, 0.1) is 0 Å². The minimum Gasteiger partial charge on any atom is -0.494 e. The van der Waals surface area contributed by atoms with Crippen LogP contribution in [0.2, 0.25) is 5.02 Å². The van der Waals surface area contributed by atoms with Crippen LogP contribution in [0.1, 0.15) is 23.7 Å². The van der Waals surface area contributed by atoms with Gasteiger partial charge in [0.05, 0.1) is 22.5 Å². The average Bonchev–Trinajstić information content (AvgIpc) is 3.23. The van der Waals surface area contributed by atoms with Crippen molar-refractivity contribution in [2.75, 3.05) is 11.9 Å². The van der Waals surface area contributed by atoms with Gasteiger partial charge in [-0.05, 0) is 73.2 Å². The Morgan fingerprint density at radius 1 is 1.12 bits per heavy atom. The van der Waals surface area contributed by atoms with E-state index in [4.69, 9.17) is 33.5 Å². The number of fused-ring (bicyclic) bond motifs is 1. The Labute approximate surface area is 200 Å². The molecule has 0 saturated heterocycles. The molecule has 1 aromatic heterocycles. The van der Waals surface area contributed by atoms with Gasteiger partial charge in [-0.2, -0.15) is 0 Å². The molecule has 3 aromatic carbocycles. The molecular weight excluding hydrogens is 462 g/mol. The van der Waals surface area contributed by atoms with Gasteiger partial charge >= 0.3 is 0 Å². The second-order valence-electron chi connectivity index (χ2n) is 6.96. The van der Waals surface area contributed by atoms with E-state index < -0.39 is 0 Å². The number of hydrogen-bond acceptors (Lipinski definition) is 5. The van der Waals surface area contributed by atoms with Crippen molar-refractivity contribution < 1.29 is 9.53 Å². The first kappa shape index (κ1) is 22.2. The molecule has 4 aromatic rings. The fourth-order valence-corrected chi connectivity index (χ4v) is 4.41. The third-order valence-corrected chi connectivity index (χ3v) is 6.08. The van der Waals surface area contributed by atoms with E-state index in [0.717, 1.165) is 33.0 Å². The maximum absolute atomic E-state index is 12.6. The van der Waals surface area contributed by atoms with Crippen molar-refractivity contribution in [3.05, 3.63) is 77.3 Å². The van der Waals surface area contributed by atoms with Crippen LogP contribution in [-0.4, -0.2) is 22.6 Å². The summed E-state index contributed by atoms with van der Waals surface area (Å²) in [5.74, 6) is 0.422. The van der Waals surface area contributed by atoms with Gasteiger partial charge < -0.3 is 10.1 Å². The summed E-state index contributed by atoms with van der Waals surface area (Å²) in [5, 5.41) is 7.41. The molecule has 1 heterocycles. The van der Waals surface area contributed by atoms with Crippen LogP contribution in [0.25, 0.3) is 20.8 Å². The summed E-state index contributed by atoms with van der Waals surface area (Å²) in [6, 6.07) is 20.3. The molecule has 0 aliphatic heterocycles. The third-order valence-electron chi connectivity index (χ3n) is 4.57. The lowest BCUT2D eigenvalue weighted by molar-refractivity contribution is 0.0977. The van der Waals surface area contributed by atoms with Crippen molar-refractivity contribution in [3.8, 4) is 16.3 Å². The highest BCUT2D eigenvalue weighted by molar-refractivity contribution is 7.80. The van der Waals surface area contributed by atoms with Gasteiger partial charge in [-0.3, -0.25) is 10.1 Å². The number of hydrogen-bond donors (Lipinski definition) is 2. The fourth-order valence-electron chi connectivity index (χ4n) is 3.04. The highest BCUT2D eigenvalue weighted by atomic mass is 35.5. The predicted octanol–water partition coefficient (Wildman–Crippen LogP) is 6.53. The van der Waals surface area contributed by atoms with Crippen LogP contribution in [0.5, 0.6) is 5.75 Å². The van der Waals surface area contributed by atoms with Gasteiger partial charge in [0, 0.05) is 16.1 Å². The molecule has 0 saturated carbocycles. The number of para-hydroxylation sites is 1. The molecule has 1 amide bonds. The number of benzene rings is 3. The minimum absolute atomic E-state index is 0.186. The van der Waals surface area contributed by atoms with Crippen molar-refractivity contribution in [2.45, 2.75) is 13.3 Å². The first-order valence-corrected chi connectivity index (χ1v) is 11.6. The maximum atomic E-state index is 12.6. The zero-order valence-corrected chi connectivity index (χ0v) is 19.6. The van der Waals surface area contributed by atoms with Crippen LogP contribution in [0.15, 0.2) is 66.7 Å². The molecule has 32 heavy (non-hydrogen) atoms. The SMILES string of the molecule is CCCOc1ccc(C(=O)NC(=S)Nc2ccc(Cl)cc2-c2nc3ccccc3s2)cc1. The van der Waals surface area contributed by atoms with E-state index in [-0.39, 0.29) is 11.0 Å². The second-order valence-corrected chi connectivity index (χ2v) is 8.83. The van der Waals surface area contributed by atoms with Crippen LogP contribution in [0.4, 0.5) is 5.69 Å². The Hall–Kier alpha value is -3.00. The number of thiocarbonyl (C=S) groups is 1. The summed E-state index contributed by atoms with van der Waals surface area (Å²) in [5.41, 5.74) is 2.93. The second kappa shape index (κ2) is 10.1. The molecule has 0 unspecified atom stereocenters. The van der Waals surface area contributed by atoms with Gasteiger partial charge in [-0.25, -0.2) is 4.98 Å². The molecule has 2 N–H and O–H groups in total. The Kier molecular flexibility index (Phi) is 6.99. The molecule has 0 aliphatic rings. The molecule has 8 heteroatoms. The van der Waals surface area contributed by atoms with E-state index >= 15 is 0 Å². The third kappa shape index (κ3) is 5.24. The molecular formula is C24H20ClN3O2S2. The minimum atomic E-state index is -0.306. The van der Waals surface area contributed by atoms with E-state index in [0.29, 0.717) is 22.9 Å². The van der Waals surface area contributed by atoms with Crippen molar-refractivity contribution in [1.82, 2.24) is 10.3 Å². The Morgan fingerprint density at radius 3 is 2.66 bits per heavy atom. The van der Waals surface area contributed by atoms with Gasteiger partial charge in [0.25, 0.3) is 5.91 Å². The van der Waals surface area contributed by atoms with Crippen molar-refractivity contribution in [3.63, 3.8) is 0 Å². The molecule has 0 aliphatic carbocycles. The summed E-state index contributed by atoms with van der Waals surface area (Å²) in [6.07, 6.45) is 0.923. The smallest absolute Gasteiger partial charge is 0.257 e. The van der Waals surface area contributed by atoms with Crippen LogP contribution in [-0.2, 0) is 0 Å². The predicted molar refractivity (Wildman–Crippen MR) is 136 cm³/mol. The maximum Gasteiger partial charge on any atom is 0.257 e. The summed E-state index contributed by atoms with van der Waals surface area (Å²) >= 11 is 13.2. The average molecular weight is 482 g/mol. The summed E-state index contributed by atoms with van der Waals surface area (Å²) in [4.78, 5) is 17.3. The number of nitrogens with one attached hydrogen (secondary N) is 2. The molecule has 4 rings (SSSR count). The Bertz CT molecular complexity index is 1240. The number of carbonyl (C=O) groups excluding carboxylic acids is 1. The molecule has 5 nitrogen and oxygen atoms in total. The summed E-state index contributed by atoms with van der Waals surface area (Å²) < 4.78 is 6.63. The van der Waals surface area contributed by atoms with Crippen molar-refractivity contribution in [1.29, 1.82) is 0 Å². The molecule has 0 fully saturated rings. The van der Waals surface area contributed by atoms with Gasteiger partial charge in [0.1, 0.15) is 10.8 Å². The standard InChI is InChI=1S/C24H20ClN3O2S2/c1-2-13-30-17-10-7-15(8-11-17)22(29)28-24(31)27-19-12-9-16(25)14-18(19)23-26-20-5-3-4-6-21(20)32-23/h3-12,14H,2,13H2,1H3,(H2,27,28,29,31).